The zero-order valence-corrected chi connectivity index (χ0v) is 10.9. The van der Waals surface area contributed by atoms with E-state index in [-0.39, 0.29) is 11.6 Å². The number of aryl methyl sites for hydroxylation is 1. The molecule has 1 aliphatic rings. The molecule has 0 amide bonds. The molecule has 1 saturated carbocycles. The third kappa shape index (κ3) is 3.57. The third-order valence-electron chi connectivity index (χ3n) is 3.11. The summed E-state index contributed by atoms with van der Waals surface area (Å²) in [6.45, 7) is 1.84. The van der Waals surface area contributed by atoms with Crippen molar-refractivity contribution in [2.75, 3.05) is 0 Å². The minimum atomic E-state index is -0.0813. The van der Waals surface area contributed by atoms with Gasteiger partial charge in [-0.15, -0.1) is 0 Å². The van der Waals surface area contributed by atoms with E-state index >= 15 is 0 Å². The van der Waals surface area contributed by atoms with Crippen molar-refractivity contribution in [1.29, 1.82) is 0 Å². The Hall–Kier alpha value is -0.810. The number of hydrogen-bond acceptors (Lipinski definition) is 4. The molecule has 2 atom stereocenters. The summed E-state index contributed by atoms with van der Waals surface area (Å²) in [4.78, 5) is 18.5. The molecule has 1 aliphatic carbocycles. The average molecular weight is 253 g/mol. The fourth-order valence-electron chi connectivity index (χ4n) is 2.20. The topological polar surface area (TPSA) is 71.8 Å². The van der Waals surface area contributed by atoms with Gasteiger partial charge < -0.3 is 10.7 Å². The van der Waals surface area contributed by atoms with Crippen LogP contribution in [0.25, 0.3) is 0 Å². The predicted octanol–water partition coefficient (Wildman–Crippen LogP) is 1.83. The summed E-state index contributed by atoms with van der Waals surface area (Å²) >= 11 is 1.62. The lowest BCUT2D eigenvalue weighted by atomic mass is 10.1. The summed E-state index contributed by atoms with van der Waals surface area (Å²) < 4.78 is 0. The Labute approximate surface area is 105 Å². The Kier molecular flexibility index (Phi) is 4.23. The second kappa shape index (κ2) is 5.69. The number of aromatic nitrogens is 2. The van der Waals surface area contributed by atoms with E-state index in [0.717, 1.165) is 18.5 Å². The second-order valence-electron chi connectivity index (χ2n) is 4.65. The van der Waals surface area contributed by atoms with Crippen LogP contribution in [0.3, 0.4) is 0 Å². The molecule has 94 valence electrons. The Bertz CT molecular complexity index is 432. The highest BCUT2D eigenvalue weighted by atomic mass is 32.2. The summed E-state index contributed by atoms with van der Waals surface area (Å²) in [6, 6.07) is 1.73. The van der Waals surface area contributed by atoms with Gasteiger partial charge >= 0.3 is 0 Å². The summed E-state index contributed by atoms with van der Waals surface area (Å²) in [5.74, 6) is 0. The van der Waals surface area contributed by atoms with Crippen molar-refractivity contribution in [3.63, 3.8) is 0 Å². The lowest BCUT2D eigenvalue weighted by molar-refractivity contribution is 0.595. The quantitative estimate of drug-likeness (QED) is 0.623. The fourth-order valence-corrected chi connectivity index (χ4v) is 3.44. The molecule has 1 heterocycles. The number of nitrogens with one attached hydrogen (secondary N) is 1. The SMILES string of the molecule is Cc1cc(=O)[nH]c(SC2CCCCCC2N)n1. The maximum Gasteiger partial charge on any atom is 0.251 e. The first-order valence-corrected chi connectivity index (χ1v) is 7.03. The summed E-state index contributed by atoms with van der Waals surface area (Å²) in [5.41, 5.74) is 6.84. The first kappa shape index (κ1) is 12.6. The van der Waals surface area contributed by atoms with E-state index in [0.29, 0.717) is 10.4 Å². The van der Waals surface area contributed by atoms with Crippen LogP contribution in [0.5, 0.6) is 0 Å². The van der Waals surface area contributed by atoms with Crippen molar-refractivity contribution in [3.8, 4) is 0 Å². The molecule has 0 aromatic carbocycles. The Morgan fingerprint density at radius 2 is 2.18 bits per heavy atom. The molecule has 4 nitrogen and oxygen atoms in total. The van der Waals surface area contributed by atoms with E-state index in [4.69, 9.17) is 5.73 Å². The van der Waals surface area contributed by atoms with Crippen LogP contribution < -0.4 is 11.3 Å². The van der Waals surface area contributed by atoms with Crippen LogP contribution in [0.2, 0.25) is 0 Å². The molecule has 1 aromatic heterocycles. The standard InChI is InChI=1S/C12H19N3OS/c1-8-7-11(16)15-12(14-8)17-10-6-4-2-3-5-9(10)13/h7,9-10H,2-6,13H2,1H3,(H,14,15,16). The van der Waals surface area contributed by atoms with Crippen LogP contribution in [-0.2, 0) is 0 Å². The number of aromatic amines is 1. The van der Waals surface area contributed by atoms with Crippen LogP contribution in [0.1, 0.15) is 37.8 Å². The number of hydrogen-bond donors (Lipinski definition) is 2. The maximum atomic E-state index is 11.4. The highest BCUT2D eigenvalue weighted by Crippen LogP contribution is 2.29. The summed E-state index contributed by atoms with van der Waals surface area (Å²) in [6.07, 6.45) is 5.90. The summed E-state index contributed by atoms with van der Waals surface area (Å²) in [7, 11) is 0. The smallest absolute Gasteiger partial charge is 0.251 e. The molecule has 0 radical (unpaired) electrons. The summed E-state index contributed by atoms with van der Waals surface area (Å²) in [5, 5.41) is 1.08. The lowest BCUT2D eigenvalue weighted by Crippen LogP contribution is -2.31. The van der Waals surface area contributed by atoms with Crippen LogP contribution in [0.4, 0.5) is 0 Å². The van der Waals surface area contributed by atoms with E-state index in [1.54, 1.807) is 11.8 Å². The highest BCUT2D eigenvalue weighted by Gasteiger charge is 2.22. The van der Waals surface area contributed by atoms with E-state index < -0.39 is 0 Å². The van der Waals surface area contributed by atoms with E-state index in [1.165, 1.54) is 25.3 Å². The molecule has 3 N–H and O–H groups in total. The van der Waals surface area contributed by atoms with Crippen LogP contribution >= 0.6 is 11.8 Å². The molecule has 2 rings (SSSR count). The van der Waals surface area contributed by atoms with Crippen molar-refractivity contribution in [1.82, 2.24) is 9.97 Å². The molecule has 5 heteroatoms. The van der Waals surface area contributed by atoms with Crippen molar-refractivity contribution >= 4 is 11.8 Å². The van der Waals surface area contributed by atoms with Gasteiger partial charge in [-0.25, -0.2) is 4.98 Å². The van der Waals surface area contributed by atoms with E-state index in [1.807, 2.05) is 6.92 Å². The van der Waals surface area contributed by atoms with Gasteiger partial charge in [0.05, 0.1) is 0 Å². The molecule has 0 spiro atoms. The molecular formula is C12H19N3OS. The Balaban J connectivity index is 2.10. The largest absolute Gasteiger partial charge is 0.327 e. The van der Waals surface area contributed by atoms with Gasteiger partial charge in [0, 0.05) is 23.1 Å². The van der Waals surface area contributed by atoms with Crippen molar-refractivity contribution in [3.05, 3.63) is 22.1 Å². The first-order valence-electron chi connectivity index (χ1n) is 6.15. The van der Waals surface area contributed by atoms with Gasteiger partial charge in [-0.2, -0.15) is 0 Å². The van der Waals surface area contributed by atoms with Crippen molar-refractivity contribution < 1.29 is 0 Å². The fraction of sp³-hybridized carbons (Fsp3) is 0.667. The molecule has 1 fully saturated rings. The normalized spacial score (nSPS) is 25.5. The van der Waals surface area contributed by atoms with E-state index in [9.17, 15) is 4.79 Å². The van der Waals surface area contributed by atoms with Gasteiger partial charge in [0.25, 0.3) is 5.56 Å². The van der Waals surface area contributed by atoms with Gasteiger partial charge in [-0.1, -0.05) is 31.0 Å². The molecular weight excluding hydrogens is 234 g/mol. The molecule has 1 aromatic rings. The van der Waals surface area contributed by atoms with Crippen molar-refractivity contribution in [2.24, 2.45) is 5.73 Å². The minimum absolute atomic E-state index is 0.0813. The third-order valence-corrected chi connectivity index (χ3v) is 4.42. The average Bonchev–Trinajstić information content (AvgIpc) is 2.43. The van der Waals surface area contributed by atoms with Gasteiger partial charge in [0.15, 0.2) is 5.16 Å². The number of thioether (sulfide) groups is 1. The van der Waals surface area contributed by atoms with Gasteiger partial charge in [0.1, 0.15) is 0 Å². The zero-order valence-electron chi connectivity index (χ0n) is 10.1. The number of H-pyrrole nitrogens is 1. The minimum Gasteiger partial charge on any atom is -0.327 e. The number of rotatable bonds is 2. The van der Waals surface area contributed by atoms with Crippen LogP contribution in [0, 0.1) is 6.92 Å². The highest BCUT2D eigenvalue weighted by molar-refractivity contribution is 7.99. The number of nitrogens with zero attached hydrogens (tertiary/aromatic N) is 1. The van der Waals surface area contributed by atoms with Gasteiger partial charge in [-0.3, -0.25) is 4.79 Å². The van der Waals surface area contributed by atoms with E-state index in [2.05, 4.69) is 9.97 Å². The lowest BCUT2D eigenvalue weighted by Gasteiger charge is -2.19. The second-order valence-corrected chi connectivity index (χ2v) is 5.88. The first-order chi connectivity index (χ1) is 8.15. The molecule has 0 bridgehead atoms. The van der Waals surface area contributed by atoms with Gasteiger partial charge in [0.2, 0.25) is 0 Å². The number of nitrogens with two attached hydrogens (primary N) is 1. The monoisotopic (exact) mass is 253 g/mol. The van der Waals surface area contributed by atoms with Gasteiger partial charge in [-0.05, 0) is 19.8 Å². The van der Waals surface area contributed by atoms with Crippen molar-refractivity contribution in [2.45, 2.75) is 55.5 Å². The molecule has 0 saturated heterocycles. The van der Waals surface area contributed by atoms with Crippen LogP contribution in [-0.4, -0.2) is 21.3 Å². The predicted molar refractivity (Wildman–Crippen MR) is 70.3 cm³/mol. The molecule has 17 heavy (non-hydrogen) atoms. The maximum absolute atomic E-state index is 11.4. The zero-order chi connectivity index (χ0) is 12.3. The van der Waals surface area contributed by atoms with Crippen LogP contribution in [0.15, 0.2) is 16.0 Å². The Morgan fingerprint density at radius 1 is 1.41 bits per heavy atom. The molecule has 0 aliphatic heterocycles. The molecule has 2 unspecified atom stereocenters. The Morgan fingerprint density at radius 3 is 2.94 bits per heavy atom.